The molecule has 1 fully saturated rings. The Morgan fingerprint density at radius 1 is 1.44 bits per heavy atom. The largest absolute Gasteiger partial charge is 0.345 e. The molecule has 0 aromatic heterocycles. The van der Waals surface area contributed by atoms with Crippen molar-refractivity contribution in [3.63, 3.8) is 0 Å². The molecule has 5 heteroatoms. The maximum atomic E-state index is 13.3. The minimum absolute atomic E-state index is 0.278. The van der Waals surface area contributed by atoms with Crippen LogP contribution in [0.5, 0.6) is 0 Å². The van der Waals surface area contributed by atoms with Gasteiger partial charge in [-0.3, -0.25) is 4.79 Å². The van der Waals surface area contributed by atoms with Crippen molar-refractivity contribution >= 4 is 5.91 Å². The lowest BCUT2D eigenvalue weighted by Crippen LogP contribution is -2.42. The summed E-state index contributed by atoms with van der Waals surface area (Å²) in [6.45, 7) is 0.315. The molecule has 3 nitrogen and oxygen atoms in total. The van der Waals surface area contributed by atoms with E-state index in [1.165, 1.54) is 12.1 Å². The molecule has 2 rings (SSSR count). The number of benzene rings is 1. The Balaban J connectivity index is 2.18. The number of carbonyl (C=O) groups is 1. The molecule has 1 aliphatic rings. The Labute approximate surface area is 91.6 Å². The minimum atomic E-state index is -1.12. The van der Waals surface area contributed by atoms with Crippen molar-refractivity contribution in [3.8, 4) is 0 Å². The molecule has 1 amide bonds. The van der Waals surface area contributed by atoms with Crippen molar-refractivity contribution in [2.24, 2.45) is 5.73 Å². The highest BCUT2D eigenvalue weighted by Crippen LogP contribution is 2.34. The predicted octanol–water partition coefficient (Wildman–Crippen LogP) is 1.19. The molecule has 1 aromatic carbocycles. The fourth-order valence-corrected chi connectivity index (χ4v) is 1.52. The average molecular weight is 226 g/mol. The van der Waals surface area contributed by atoms with Gasteiger partial charge in [-0.25, -0.2) is 8.78 Å². The number of carbonyl (C=O) groups excluding carboxylic acids is 1. The third-order valence-corrected chi connectivity index (χ3v) is 2.82. The summed E-state index contributed by atoms with van der Waals surface area (Å²) in [5, 5.41) is 2.63. The van der Waals surface area contributed by atoms with Crippen LogP contribution in [0.25, 0.3) is 0 Å². The van der Waals surface area contributed by atoms with E-state index in [2.05, 4.69) is 5.32 Å². The van der Waals surface area contributed by atoms with E-state index >= 15 is 0 Å². The van der Waals surface area contributed by atoms with E-state index in [1.807, 2.05) is 0 Å². The summed E-state index contributed by atoms with van der Waals surface area (Å²) in [5.41, 5.74) is 4.80. The van der Waals surface area contributed by atoms with Crippen molar-refractivity contribution in [2.75, 3.05) is 6.54 Å². The van der Waals surface area contributed by atoms with Crippen molar-refractivity contribution in [2.45, 2.75) is 18.4 Å². The van der Waals surface area contributed by atoms with Crippen LogP contribution in [0.15, 0.2) is 18.2 Å². The molecule has 0 saturated heterocycles. The number of halogens is 2. The van der Waals surface area contributed by atoms with E-state index in [-0.39, 0.29) is 5.56 Å². The van der Waals surface area contributed by atoms with Crippen LogP contribution >= 0.6 is 0 Å². The number of hydrogen-bond donors (Lipinski definition) is 2. The molecule has 1 aromatic rings. The number of hydrogen-bond acceptors (Lipinski definition) is 2. The molecule has 0 aliphatic heterocycles. The van der Waals surface area contributed by atoms with Gasteiger partial charge in [-0.1, -0.05) is 6.07 Å². The second kappa shape index (κ2) is 3.83. The molecular weight excluding hydrogens is 214 g/mol. The molecule has 1 saturated carbocycles. The third-order valence-electron chi connectivity index (χ3n) is 2.82. The maximum absolute atomic E-state index is 13.3. The molecule has 86 valence electrons. The summed E-state index contributed by atoms with van der Waals surface area (Å²) in [7, 11) is 0. The molecule has 0 bridgehead atoms. The number of rotatable bonds is 3. The maximum Gasteiger partial charge on any atom is 0.254 e. The summed E-state index contributed by atoms with van der Waals surface area (Å²) >= 11 is 0. The number of nitrogens with two attached hydrogens (primary N) is 1. The van der Waals surface area contributed by atoms with Crippen LogP contribution in [0, 0.1) is 11.6 Å². The average Bonchev–Trinajstić information content (AvgIpc) is 3.02. The van der Waals surface area contributed by atoms with Gasteiger partial charge in [-0.15, -0.1) is 0 Å². The van der Waals surface area contributed by atoms with Crippen LogP contribution < -0.4 is 11.1 Å². The first-order valence-corrected chi connectivity index (χ1v) is 5.05. The first-order chi connectivity index (χ1) is 7.58. The van der Waals surface area contributed by atoms with Crippen molar-refractivity contribution in [3.05, 3.63) is 35.4 Å². The Hall–Kier alpha value is -1.49. The summed E-state index contributed by atoms with van der Waals surface area (Å²) in [6.07, 6.45) is 1.57. The van der Waals surface area contributed by atoms with Crippen LogP contribution in [-0.2, 0) is 0 Å². The molecule has 0 radical (unpaired) electrons. The second-order valence-corrected chi connectivity index (χ2v) is 4.04. The van der Waals surface area contributed by atoms with Gasteiger partial charge < -0.3 is 11.1 Å². The molecule has 16 heavy (non-hydrogen) atoms. The standard InChI is InChI=1S/C11H12F2N2O/c12-8-3-1-2-7(9(8)13)10(16)15-11(6-14)4-5-11/h1-3H,4-6,14H2,(H,15,16). The molecule has 0 unspecified atom stereocenters. The van der Waals surface area contributed by atoms with E-state index in [0.717, 1.165) is 18.9 Å². The fraction of sp³-hybridized carbons (Fsp3) is 0.364. The Morgan fingerprint density at radius 2 is 2.12 bits per heavy atom. The van der Waals surface area contributed by atoms with Crippen LogP contribution in [-0.4, -0.2) is 18.0 Å². The van der Waals surface area contributed by atoms with E-state index in [0.29, 0.717) is 6.54 Å². The lowest BCUT2D eigenvalue weighted by molar-refractivity contribution is 0.0928. The highest BCUT2D eigenvalue weighted by Gasteiger charge is 2.43. The van der Waals surface area contributed by atoms with E-state index < -0.39 is 23.1 Å². The predicted molar refractivity (Wildman–Crippen MR) is 54.8 cm³/mol. The van der Waals surface area contributed by atoms with Crippen LogP contribution in [0.4, 0.5) is 8.78 Å². The fourth-order valence-electron chi connectivity index (χ4n) is 1.52. The third kappa shape index (κ3) is 1.90. The van der Waals surface area contributed by atoms with Crippen molar-refractivity contribution in [1.29, 1.82) is 0 Å². The van der Waals surface area contributed by atoms with Crippen LogP contribution in [0.2, 0.25) is 0 Å². The highest BCUT2D eigenvalue weighted by molar-refractivity contribution is 5.95. The van der Waals surface area contributed by atoms with Gasteiger partial charge in [0.15, 0.2) is 11.6 Å². The van der Waals surface area contributed by atoms with Crippen molar-refractivity contribution in [1.82, 2.24) is 5.32 Å². The smallest absolute Gasteiger partial charge is 0.254 e. The Kier molecular flexibility index (Phi) is 2.63. The van der Waals surface area contributed by atoms with Gasteiger partial charge in [-0.2, -0.15) is 0 Å². The van der Waals surface area contributed by atoms with Crippen molar-refractivity contribution < 1.29 is 13.6 Å². The summed E-state index contributed by atoms with van der Waals surface area (Å²) in [6, 6.07) is 3.53. The van der Waals surface area contributed by atoms with Gasteiger partial charge in [0.05, 0.1) is 11.1 Å². The monoisotopic (exact) mass is 226 g/mol. The summed E-state index contributed by atoms with van der Waals surface area (Å²) < 4.78 is 26.2. The second-order valence-electron chi connectivity index (χ2n) is 4.04. The van der Waals surface area contributed by atoms with Crippen LogP contribution in [0.3, 0.4) is 0 Å². The Morgan fingerprint density at radius 3 is 2.69 bits per heavy atom. The number of nitrogens with one attached hydrogen (secondary N) is 1. The topological polar surface area (TPSA) is 55.1 Å². The lowest BCUT2D eigenvalue weighted by atomic mass is 10.1. The first-order valence-electron chi connectivity index (χ1n) is 5.05. The Bertz CT molecular complexity index is 430. The zero-order valence-corrected chi connectivity index (χ0v) is 8.59. The minimum Gasteiger partial charge on any atom is -0.345 e. The summed E-state index contributed by atoms with van der Waals surface area (Å²) in [5.74, 6) is -2.75. The van der Waals surface area contributed by atoms with E-state index in [9.17, 15) is 13.6 Å². The summed E-state index contributed by atoms with van der Waals surface area (Å²) in [4.78, 5) is 11.7. The normalized spacial score (nSPS) is 16.9. The molecule has 0 heterocycles. The number of amides is 1. The quantitative estimate of drug-likeness (QED) is 0.813. The lowest BCUT2D eigenvalue weighted by Gasteiger charge is -2.15. The SMILES string of the molecule is NCC1(NC(=O)c2cccc(F)c2F)CC1. The zero-order valence-electron chi connectivity index (χ0n) is 8.59. The van der Waals surface area contributed by atoms with Gasteiger partial charge >= 0.3 is 0 Å². The molecule has 1 aliphatic carbocycles. The van der Waals surface area contributed by atoms with Gasteiger partial charge in [0.2, 0.25) is 0 Å². The molecular formula is C11H12F2N2O. The first kappa shape index (κ1) is 11.0. The zero-order chi connectivity index (χ0) is 11.8. The van der Waals surface area contributed by atoms with Gasteiger partial charge in [0, 0.05) is 6.54 Å². The highest BCUT2D eigenvalue weighted by atomic mass is 19.2. The van der Waals surface area contributed by atoms with Gasteiger partial charge in [0.25, 0.3) is 5.91 Å². The van der Waals surface area contributed by atoms with E-state index in [4.69, 9.17) is 5.73 Å². The van der Waals surface area contributed by atoms with Gasteiger partial charge in [-0.05, 0) is 25.0 Å². The molecule has 0 atom stereocenters. The van der Waals surface area contributed by atoms with E-state index in [1.54, 1.807) is 0 Å². The van der Waals surface area contributed by atoms with Gasteiger partial charge in [0.1, 0.15) is 0 Å². The molecule has 3 N–H and O–H groups in total. The molecule has 0 spiro atoms. The van der Waals surface area contributed by atoms with Crippen LogP contribution in [0.1, 0.15) is 23.2 Å².